The van der Waals surface area contributed by atoms with Gasteiger partial charge < -0.3 is 4.55 Å². The predicted molar refractivity (Wildman–Crippen MR) is 93.4 cm³/mol. The lowest BCUT2D eigenvalue weighted by Gasteiger charge is -2.30. The summed E-state index contributed by atoms with van der Waals surface area (Å²) in [6, 6.07) is 3.15. The van der Waals surface area contributed by atoms with Crippen molar-refractivity contribution in [3.05, 3.63) is 35.4 Å². The highest BCUT2D eigenvalue weighted by molar-refractivity contribution is 7.90. The Bertz CT molecular complexity index is 494. The van der Waals surface area contributed by atoms with Crippen molar-refractivity contribution in [2.45, 2.75) is 71.6 Å². The van der Waals surface area contributed by atoms with E-state index < -0.39 is 27.7 Å². The van der Waals surface area contributed by atoms with E-state index in [1.165, 1.54) is 12.1 Å². The molecule has 0 aliphatic rings. The summed E-state index contributed by atoms with van der Waals surface area (Å²) in [6.07, 6.45) is 2.56. The third kappa shape index (κ3) is 6.77. The Labute approximate surface area is 142 Å². The van der Waals surface area contributed by atoms with Gasteiger partial charge in [0.15, 0.2) is 0 Å². The summed E-state index contributed by atoms with van der Waals surface area (Å²) >= 11 is -1.31. The van der Waals surface area contributed by atoms with Gasteiger partial charge in [0, 0.05) is 17.4 Å². The van der Waals surface area contributed by atoms with Gasteiger partial charge in [-0.1, -0.05) is 27.2 Å². The molecule has 0 aliphatic heterocycles. The third-order valence-electron chi connectivity index (χ3n) is 4.16. The second-order valence-corrected chi connectivity index (χ2v) is 9.81. The molecular formula is C18H29F2NOS. The summed E-state index contributed by atoms with van der Waals surface area (Å²) in [6.45, 7) is 12.1. The van der Waals surface area contributed by atoms with Crippen LogP contribution in [0.4, 0.5) is 8.78 Å². The highest BCUT2D eigenvalue weighted by atomic mass is 32.2. The third-order valence-corrected chi connectivity index (χ3v) is 5.77. The maximum atomic E-state index is 13.6. The van der Waals surface area contributed by atoms with E-state index in [1.54, 1.807) is 0 Å². The van der Waals surface area contributed by atoms with Crippen LogP contribution in [0, 0.1) is 17.0 Å². The molecule has 0 fully saturated rings. The zero-order valence-electron chi connectivity index (χ0n) is 15.0. The van der Waals surface area contributed by atoms with Crippen molar-refractivity contribution in [1.82, 2.24) is 4.72 Å². The van der Waals surface area contributed by atoms with Gasteiger partial charge in [-0.15, -0.1) is 4.72 Å². The largest absolute Gasteiger partial charge is 0.598 e. The molecule has 132 valence electrons. The van der Waals surface area contributed by atoms with Gasteiger partial charge in [0.05, 0.1) is 6.04 Å². The number of hydrogen-bond acceptors (Lipinski definition) is 2. The van der Waals surface area contributed by atoms with E-state index in [9.17, 15) is 13.3 Å². The Morgan fingerprint density at radius 1 is 1.09 bits per heavy atom. The van der Waals surface area contributed by atoms with E-state index in [2.05, 4.69) is 25.5 Å². The van der Waals surface area contributed by atoms with Gasteiger partial charge in [0.25, 0.3) is 0 Å². The smallest absolute Gasteiger partial charge is 0.136 e. The summed E-state index contributed by atoms with van der Waals surface area (Å²) in [4.78, 5) is 0. The first kappa shape index (κ1) is 20.4. The molecule has 23 heavy (non-hydrogen) atoms. The molecule has 1 N–H and O–H groups in total. The number of rotatable bonds is 7. The molecule has 1 rings (SSSR count). The van der Waals surface area contributed by atoms with E-state index in [0.717, 1.165) is 18.9 Å². The van der Waals surface area contributed by atoms with Gasteiger partial charge >= 0.3 is 0 Å². The summed E-state index contributed by atoms with van der Waals surface area (Å²) in [5.41, 5.74) is 0.640. The van der Waals surface area contributed by atoms with E-state index in [-0.39, 0.29) is 11.5 Å². The molecule has 0 spiro atoms. The zero-order chi connectivity index (χ0) is 17.8. The highest BCUT2D eigenvalue weighted by Crippen LogP contribution is 2.32. The maximum Gasteiger partial charge on any atom is 0.136 e. The SMILES string of the molecule is CCC(C)(C)CC[C@H](N[S@@+]([O-])C(C)(C)C)c1cc(F)cc(F)c1. The molecule has 0 unspecified atom stereocenters. The molecule has 1 aromatic rings. The summed E-state index contributed by atoms with van der Waals surface area (Å²) in [5, 5.41) is 0. The Morgan fingerprint density at radius 2 is 1.61 bits per heavy atom. The molecule has 0 amide bonds. The first-order valence-corrected chi connectivity index (χ1v) is 9.23. The van der Waals surface area contributed by atoms with Gasteiger partial charge in [-0.3, -0.25) is 0 Å². The molecule has 0 aliphatic carbocycles. The first-order chi connectivity index (χ1) is 10.4. The van der Waals surface area contributed by atoms with Crippen LogP contribution in [-0.2, 0) is 11.4 Å². The quantitative estimate of drug-likeness (QED) is 0.683. The molecule has 0 bridgehead atoms. The summed E-state index contributed by atoms with van der Waals surface area (Å²) in [7, 11) is 0. The number of hydrogen-bond donors (Lipinski definition) is 1. The van der Waals surface area contributed by atoms with Gasteiger partial charge in [-0.2, -0.15) is 0 Å². The zero-order valence-corrected chi connectivity index (χ0v) is 15.8. The maximum absolute atomic E-state index is 13.6. The number of nitrogens with one attached hydrogen (secondary N) is 1. The molecular weight excluding hydrogens is 316 g/mol. The molecule has 2 atom stereocenters. The normalized spacial score (nSPS) is 15.5. The van der Waals surface area contributed by atoms with Crippen LogP contribution in [0.5, 0.6) is 0 Å². The summed E-state index contributed by atoms with van der Waals surface area (Å²) < 4.78 is 42.2. The molecule has 1 aromatic carbocycles. The van der Waals surface area contributed by atoms with Crippen LogP contribution in [0.25, 0.3) is 0 Å². The van der Waals surface area contributed by atoms with E-state index in [4.69, 9.17) is 0 Å². The standard InChI is InChI=1S/C18H29F2NOS/c1-7-18(5,6)9-8-16(21-23(22)17(2,3)4)13-10-14(19)12-15(20)11-13/h10-12,16,21H,7-9H2,1-6H3/t16-,23-/m0/s1. The van der Waals surface area contributed by atoms with Crippen LogP contribution >= 0.6 is 0 Å². The van der Waals surface area contributed by atoms with Crippen LogP contribution in [-0.4, -0.2) is 9.30 Å². The lowest BCUT2D eigenvalue weighted by Crippen LogP contribution is -2.41. The minimum atomic E-state index is -1.31. The number of benzene rings is 1. The van der Waals surface area contributed by atoms with Crippen molar-refractivity contribution in [2.75, 3.05) is 0 Å². The molecule has 0 saturated carbocycles. The Balaban J connectivity index is 3.00. The minimum Gasteiger partial charge on any atom is -0.598 e. The van der Waals surface area contributed by atoms with E-state index in [0.29, 0.717) is 12.0 Å². The molecule has 5 heteroatoms. The molecule has 0 saturated heterocycles. The second-order valence-electron chi connectivity index (χ2n) is 7.81. The number of halogens is 2. The summed E-state index contributed by atoms with van der Waals surface area (Å²) in [5.74, 6) is -1.22. The fourth-order valence-electron chi connectivity index (χ4n) is 2.09. The van der Waals surface area contributed by atoms with Crippen molar-refractivity contribution in [1.29, 1.82) is 0 Å². The molecule has 0 heterocycles. The average Bonchev–Trinajstić information content (AvgIpc) is 2.41. The van der Waals surface area contributed by atoms with Crippen LogP contribution in [0.1, 0.15) is 72.4 Å². The first-order valence-electron chi connectivity index (χ1n) is 8.08. The van der Waals surface area contributed by atoms with Gasteiger partial charge in [-0.25, -0.2) is 8.78 Å². The Hall–Kier alpha value is -0.650. The fraction of sp³-hybridized carbons (Fsp3) is 0.667. The molecule has 0 radical (unpaired) electrons. The van der Waals surface area contributed by atoms with E-state index in [1.807, 2.05) is 20.8 Å². The van der Waals surface area contributed by atoms with Crippen LogP contribution in [0.15, 0.2) is 18.2 Å². The lowest BCUT2D eigenvalue weighted by molar-refractivity contribution is 0.297. The molecule has 2 nitrogen and oxygen atoms in total. The highest BCUT2D eigenvalue weighted by Gasteiger charge is 2.31. The fourth-order valence-corrected chi connectivity index (χ4v) is 2.95. The van der Waals surface area contributed by atoms with Crippen molar-refractivity contribution < 1.29 is 13.3 Å². The Kier molecular flexibility index (Phi) is 7.05. The van der Waals surface area contributed by atoms with Gasteiger partial charge in [0.2, 0.25) is 0 Å². The van der Waals surface area contributed by atoms with Crippen molar-refractivity contribution >= 4 is 11.4 Å². The van der Waals surface area contributed by atoms with Crippen LogP contribution < -0.4 is 4.72 Å². The van der Waals surface area contributed by atoms with E-state index >= 15 is 0 Å². The predicted octanol–water partition coefficient (Wildman–Crippen LogP) is 5.27. The van der Waals surface area contributed by atoms with Gasteiger partial charge in [-0.05, 0) is 56.7 Å². The van der Waals surface area contributed by atoms with Crippen molar-refractivity contribution in [3.63, 3.8) is 0 Å². The average molecular weight is 345 g/mol. The molecule has 0 aromatic heterocycles. The van der Waals surface area contributed by atoms with Crippen molar-refractivity contribution in [3.8, 4) is 0 Å². The Morgan fingerprint density at radius 3 is 2.04 bits per heavy atom. The second kappa shape index (κ2) is 7.95. The minimum absolute atomic E-state index is 0.134. The van der Waals surface area contributed by atoms with Crippen LogP contribution in [0.3, 0.4) is 0 Å². The van der Waals surface area contributed by atoms with Crippen molar-refractivity contribution in [2.24, 2.45) is 5.41 Å². The van der Waals surface area contributed by atoms with Gasteiger partial charge in [0.1, 0.15) is 16.4 Å². The monoisotopic (exact) mass is 345 g/mol. The topological polar surface area (TPSA) is 35.1 Å². The van der Waals surface area contributed by atoms with Crippen LogP contribution in [0.2, 0.25) is 0 Å². The lowest BCUT2D eigenvalue weighted by atomic mass is 9.83.